The van der Waals surface area contributed by atoms with E-state index in [0.717, 1.165) is 28.2 Å². The summed E-state index contributed by atoms with van der Waals surface area (Å²) in [5.41, 5.74) is 16.8. The highest BCUT2D eigenvalue weighted by Gasteiger charge is 2.45. The summed E-state index contributed by atoms with van der Waals surface area (Å²) in [7, 11) is 0. The highest BCUT2D eigenvalue weighted by molar-refractivity contribution is 7.17. The number of aryl methyl sites for hydroxylation is 1. The number of carboxylic acid groups (broad SMARTS) is 1. The van der Waals surface area contributed by atoms with Gasteiger partial charge in [0, 0.05) is 33.7 Å². The summed E-state index contributed by atoms with van der Waals surface area (Å²) in [6, 6.07) is 20.5. The molecule has 1 aliphatic rings. The van der Waals surface area contributed by atoms with Gasteiger partial charge in [0.1, 0.15) is 24.7 Å². The molecule has 5 N–H and O–H groups in total. The summed E-state index contributed by atoms with van der Waals surface area (Å²) in [6.07, 6.45) is 1.50. The van der Waals surface area contributed by atoms with Crippen molar-refractivity contribution in [1.82, 2.24) is 0 Å². The summed E-state index contributed by atoms with van der Waals surface area (Å²) in [5, 5.41) is 12.8. The molecule has 192 valence electrons. The molecule has 5 rings (SSSR count). The number of ether oxygens (including phenoxy) is 2. The summed E-state index contributed by atoms with van der Waals surface area (Å²) in [4.78, 5) is 11.4. The number of aliphatic carboxylic acids is 1. The van der Waals surface area contributed by atoms with Gasteiger partial charge < -0.3 is 26.0 Å². The van der Waals surface area contributed by atoms with Gasteiger partial charge in [-0.2, -0.15) is 0 Å². The van der Waals surface area contributed by atoms with Crippen molar-refractivity contribution < 1.29 is 19.4 Å². The largest absolute Gasteiger partial charge is 0.492 e. The van der Waals surface area contributed by atoms with Crippen molar-refractivity contribution in [3.05, 3.63) is 82.7 Å². The second-order valence-corrected chi connectivity index (χ2v) is 10.8. The molecule has 0 aliphatic heterocycles. The Hall–Kier alpha value is -3.39. The van der Waals surface area contributed by atoms with E-state index in [0.29, 0.717) is 32.6 Å². The van der Waals surface area contributed by atoms with Crippen molar-refractivity contribution in [3.63, 3.8) is 0 Å². The zero-order valence-electron chi connectivity index (χ0n) is 20.9. The van der Waals surface area contributed by atoms with Crippen LogP contribution in [0.2, 0.25) is 0 Å². The Morgan fingerprint density at radius 2 is 1.78 bits per heavy atom. The summed E-state index contributed by atoms with van der Waals surface area (Å²) < 4.78 is 13.0. The van der Waals surface area contributed by atoms with Gasteiger partial charge in [-0.1, -0.05) is 24.3 Å². The molecular weight excluding hydrogens is 484 g/mol. The van der Waals surface area contributed by atoms with Gasteiger partial charge >= 0.3 is 5.97 Å². The lowest BCUT2D eigenvalue weighted by atomic mass is 9.60. The fourth-order valence-corrected chi connectivity index (χ4v) is 6.31. The van der Waals surface area contributed by atoms with Crippen molar-refractivity contribution in [2.24, 2.45) is 11.5 Å². The fourth-order valence-electron chi connectivity index (χ4n) is 5.37. The molecule has 0 saturated heterocycles. The standard InChI is InChI=1S/C30H32N2O4S/c1-19-12-24(35-11-10-31)7-8-25(19)27-18-37-28-9-2-20(13-26(27)28)17-36-23-5-3-21(4-6-23)30(16-29(33)34)14-22(32)15-30/h2-9,12-13,18,22H,10-11,14-17,31-32H2,1H3,(H,33,34)/t22-,30-. The average molecular weight is 517 g/mol. The molecule has 0 bridgehead atoms. The maximum Gasteiger partial charge on any atom is 0.304 e. The summed E-state index contributed by atoms with van der Waals surface area (Å²) >= 11 is 1.74. The SMILES string of the molecule is Cc1cc(OCCN)ccc1-c1csc2ccc(COc3ccc([C@]4(CC(=O)O)C[C@@H](N)C4)cc3)cc12. The molecule has 4 aromatic rings. The Kier molecular flexibility index (Phi) is 7.20. The van der Waals surface area contributed by atoms with E-state index in [1.165, 1.54) is 21.2 Å². The molecule has 7 heteroatoms. The molecule has 6 nitrogen and oxygen atoms in total. The quantitative estimate of drug-likeness (QED) is 0.252. The number of benzene rings is 3. The van der Waals surface area contributed by atoms with Gasteiger partial charge in [0.05, 0.1) is 6.42 Å². The lowest BCUT2D eigenvalue weighted by molar-refractivity contribution is -0.139. The Bertz CT molecular complexity index is 1410. The van der Waals surface area contributed by atoms with Crippen LogP contribution >= 0.6 is 11.3 Å². The monoisotopic (exact) mass is 516 g/mol. The highest BCUT2D eigenvalue weighted by Crippen LogP contribution is 2.46. The minimum absolute atomic E-state index is 0.0680. The van der Waals surface area contributed by atoms with Crippen LogP contribution in [-0.4, -0.2) is 30.3 Å². The molecule has 0 spiro atoms. The molecule has 0 unspecified atom stereocenters. The van der Waals surface area contributed by atoms with Crippen molar-refractivity contribution in [2.45, 2.75) is 44.2 Å². The number of nitrogens with two attached hydrogens (primary N) is 2. The molecule has 1 aliphatic carbocycles. The zero-order valence-corrected chi connectivity index (χ0v) is 21.7. The number of hydrogen-bond donors (Lipinski definition) is 3. The van der Waals surface area contributed by atoms with E-state index >= 15 is 0 Å². The van der Waals surface area contributed by atoms with Gasteiger partial charge in [-0.05, 0) is 83.8 Å². The third-order valence-electron chi connectivity index (χ3n) is 7.18. The third kappa shape index (κ3) is 5.34. The summed E-state index contributed by atoms with van der Waals surface area (Å²) in [5.74, 6) is 0.800. The van der Waals surface area contributed by atoms with Crippen LogP contribution in [0.3, 0.4) is 0 Å². The number of thiophene rings is 1. The molecule has 0 radical (unpaired) electrons. The predicted molar refractivity (Wildman–Crippen MR) is 148 cm³/mol. The Morgan fingerprint density at radius 1 is 1.03 bits per heavy atom. The van der Waals surface area contributed by atoms with Gasteiger partial charge in [0.2, 0.25) is 0 Å². The van der Waals surface area contributed by atoms with Crippen molar-refractivity contribution in [1.29, 1.82) is 0 Å². The smallest absolute Gasteiger partial charge is 0.304 e. The predicted octanol–water partition coefficient (Wildman–Crippen LogP) is 5.63. The van der Waals surface area contributed by atoms with Crippen molar-refractivity contribution >= 4 is 27.4 Å². The van der Waals surface area contributed by atoms with Gasteiger partial charge in [0.15, 0.2) is 0 Å². The molecule has 0 atom stereocenters. The molecular formula is C30H32N2O4S. The molecule has 1 fully saturated rings. The second-order valence-electron chi connectivity index (χ2n) is 9.93. The van der Waals surface area contributed by atoms with Crippen LogP contribution in [-0.2, 0) is 16.8 Å². The van der Waals surface area contributed by atoms with E-state index in [-0.39, 0.29) is 17.9 Å². The van der Waals surface area contributed by atoms with Crippen molar-refractivity contribution in [2.75, 3.05) is 13.2 Å². The lowest BCUT2D eigenvalue weighted by Crippen LogP contribution is -2.50. The maximum atomic E-state index is 11.4. The van der Waals surface area contributed by atoms with Crippen LogP contribution in [0, 0.1) is 6.92 Å². The second kappa shape index (κ2) is 10.5. The first-order chi connectivity index (χ1) is 17.9. The van der Waals surface area contributed by atoms with Gasteiger partial charge in [-0.3, -0.25) is 4.79 Å². The highest BCUT2D eigenvalue weighted by atomic mass is 32.1. The molecule has 37 heavy (non-hydrogen) atoms. The van der Waals surface area contributed by atoms with E-state index in [2.05, 4.69) is 42.6 Å². The first-order valence-corrected chi connectivity index (χ1v) is 13.4. The Balaban J connectivity index is 1.31. The van der Waals surface area contributed by atoms with E-state index in [1.54, 1.807) is 11.3 Å². The number of carbonyl (C=O) groups is 1. The zero-order chi connectivity index (χ0) is 26.0. The third-order valence-corrected chi connectivity index (χ3v) is 8.14. The van der Waals surface area contributed by atoms with Crippen LogP contribution in [0.25, 0.3) is 21.2 Å². The van der Waals surface area contributed by atoms with Gasteiger partial charge in [-0.15, -0.1) is 11.3 Å². The molecule has 3 aromatic carbocycles. The minimum Gasteiger partial charge on any atom is -0.492 e. The minimum atomic E-state index is -0.790. The van der Waals surface area contributed by atoms with Crippen LogP contribution < -0.4 is 20.9 Å². The van der Waals surface area contributed by atoms with E-state index in [9.17, 15) is 9.90 Å². The fraction of sp³-hybridized carbons (Fsp3) is 0.300. The van der Waals surface area contributed by atoms with Crippen LogP contribution in [0.15, 0.2) is 66.0 Å². The maximum absolute atomic E-state index is 11.4. The van der Waals surface area contributed by atoms with Gasteiger partial charge in [0.25, 0.3) is 0 Å². The lowest BCUT2D eigenvalue weighted by Gasteiger charge is -2.46. The van der Waals surface area contributed by atoms with Crippen molar-refractivity contribution in [3.8, 4) is 22.6 Å². The van der Waals surface area contributed by atoms with E-state index in [4.69, 9.17) is 20.9 Å². The Labute approximate surface area is 220 Å². The van der Waals surface area contributed by atoms with Crippen LogP contribution in [0.4, 0.5) is 0 Å². The van der Waals surface area contributed by atoms with Crippen LogP contribution in [0.1, 0.15) is 36.0 Å². The Morgan fingerprint density at radius 3 is 2.46 bits per heavy atom. The number of fused-ring (bicyclic) bond motifs is 1. The summed E-state index contributed by atoms with van der Waals surface area (Å²) in [6.45, 7) is 3.54. The molecule has 1 saturated carbocycles. The first-order valence-electron chi connectivity index (χ1n) is 12.5. The normalized spacial score (nSPS) is 18.9. The average Bonchev–Trinajstić information content (AvgIpc) is 3.28. The number of carboxylic acids is 1. The molecule has 1 heterocycles. The van der Waals surface area contributed by atoms with Crippen LogP contribution in [0.5, 0.6) is 11.5 Å². The van der Waals surface area contributed by atoms with E-state index < -0.39 is 5.97 Å². The van der Waals surface area contributed by atoms with Gasteiger partial charge in [-0.25, -0.2) is 0 Å². The topological polar surface area (TPSA) is 108 Å². The number of rotatable bonds is 10. The molecule has 0 amide bonds. The van der Waals surface area contributed by atoms with E-state index in [1.807, 2.05) is 30.3 Å². The number of hydrogen-bond acceptors (Lipinski definition) is 6. The molecule has 1 aromatic heterocycles. The first kappa shape index (κ1) is 25.3.